The van der Waals surface area contributed by atoms with Gasteiger partial charge in [-0.3, -0.25) is 25.6 Å². The van der Waals surface area contributed by atoms with Gasteiger partial charge in [0.2, 0.25) is 0 Å². The van der Waals surface area contributed by atoms with Crippen LogP contribution in [0.2, 0.25) is 0 Å². The maximum atomic E-state index is 14.8. The molecule has 55 heavy (non-hydrogen) atoms. The number of rotatable bonds is 17. The monoisotopic (exact) mass is 770 g/mol. The highest BCUT2D eigenvalue weighted by Crippen LogP contribution is 2.61. The summed E-state index contributed by atoms with van der Waals surface area (Å²) in [5, 5.41) is 23.8. The summed E-state index contributed by atoms with van der Waals surface area (Å²) in [6, 6.07) is 0.152. The van der Waals surface area contributed by atoms with E-state index in [1.165, 1.54) is 5.57 Å². The predicted octanol–water partition coefficient (Wildman–Crippen LogP) is -2.25. The van der Waals surface area contributed by atoms with Crippen molar-refractivity contribution in [3.8, 4) is 0 Å². The lowest BCUT2D eigenvalue weighted by Crippen LogP contribution is -2.98. The highest BCUT2D eigenvalue weighted by atomic mass is 16.7. The molecule has 306 valence electrons. The van der Waals surface area contributed by atoms with Gasteiger partial charge in [-0.05, 0) is 76.4 Å². The first-order chi connectivity index (χ1) is 26.6. The minimum absolute atomic E-state index is 0.0118. The number of Topliss-reactive ketones (excluding diaryl/α,β-unsaturated/α-hetero) is 2. The molecule has 0 aromatic rings. The lowest BCUT2D eigenvalue weighted by Gasteiger charge is -2.40. The normalized spacial score (nSPS) is 35.9. The van der Waals surface area contributed by atoms with E-state index in [9.17, 15) is 19.5 Å². The first-order valence-corrected chi connectivity index (χ1v) is 21.5. The van der Waals surface area contributed by atoms with Gasteiger partial charge in [-0.25, -0.2) is 10.1 Å². The summed E-state index contributed by atoms with van der Waals surface area (Å²) in [4.78, 5) is 47.0. The summed E-state index contributed by atoms with van der Waals surface area (Å²) >= 11 is 0. The average Bonchev–Trinajstić information content (AvgIpc) is 3.92. The van der Waals surface area contributed by atoms with Crippen LogP contribution in [0.1, 0.15) is 97.3 Å². The molecule has 6 rings (SSSR count). The zero-order valence-electron chi connectivity index (χ0n) is 33.8. The molecule has 13 heteroatoms. The number of carbonyl (C=O) groups is 3. The number of aliphatic hydroxyl groups is 1. The molecular formula is C42H71N7O6+4. The standard InChI is InChI=1S/C42H67N7O6/c1-5-46-34-23-28-12-7-6-11-27(28)22-32(34)35(15-10-20-50)54-39(53)42-38(52)31-14-9-8-13-30(31)37(51)41(42,55-42)18-16-26(2)21-33(49-40(43)45-4)29-17-19-47-36(24-29)48-25-44-3/h7,12,16,23,27,29-36,44,46-48,50H,5-6,8-11,13-15,17-22,24-25H2,1-4H3,(H3,43,45,49)/p+4. The van der Waals surface area contributed by atoms with E-state index in [1.807, 2.05) is 6.08 Å². The molecule has 0 radical (unpaired) electrons. The Kier molecular flexibility index (Phi) is 14.1. The lowest BCUT2D eigenvalue weighted by molar-refractivity contribution is -0.717. The maximum absolute atomic E-state index is 14.8. The highest BCUT2D eigenvalue weighted by molar-refractivity contribution is 6.23. The smallest absolute Gasteiger partial charge is 0.350 e. The summed E-state index contributed by atoms with van der Waals surface area (Å²) in [5.74, 6) is -0.787. The van der Waals surface area contributed by atoms with E-state index in [2.05, 4.69) is 70.7 Å². The minimum Gasteiger partial charge on any atom is -0.459 e. The molecule has 2 heterocycles. The molecule has 2 saturated carbocycles. The van der Waals surface area contributed by atoms with Gasteiger partial charge in [0, 0.05) is 50.0 Å². The molecular weight excluding hydrogens is 699 g/mol. The van der Waals surface area contributed by atoms with Crippen molar-refractivity contribution in [2.75, 3.05) is 40.5 Å². The number of likely N-dealkylation sites (N-methyl/N-ethyl adjacent to an activating group) is 1. The van der Waals surface area contributed by atoms with Gasteiger partial charge < -0.3 is 30.5 Å². The van der Waals surface area contributed by atoms with Crippen molar-refractivity contribution in [3.05, 3.63) is 35.5 Å². The van der Waals surface area contributed by atoms with Crippen LogP contribution in [0, 0.1) is 29.6 Å². The topological polar surface area (TPSA) is 207 Å². The first-order valence-electron chi connectivity index (χ1n) is 21.5. The molecule has 11 atom stereocenters. The second-order valence-corrected chi connectivity index (χ2v) is 17.2. The molecule has 0 aromatic carbocycles. The number of epoxide rings is 1. The molecule has 2 saturated heterocycles. The van der Waals surface area contributed by atoms with Crippen LogP contribution >= 0.6 is 0 Å². The van der Waals surface area contributed by atoms with Crippen LogP contribution < -0.4 is 37.3 Å². The third-order valence-corrected chi connectivity index (χ3v) is 13.7. The Bertz CT molecular complexity index is 1510. The van der Waals surface area contributed by atoms with Crippen LogP contribution in [0.25, 0.3) is 0 Å². The van der Waals surface area contributed by atoms with Crippen LogP contribution in [-0.2, 0) is 23.9 Å². The van der Waals surface area contributed by atoms with Crippen LogP contribution in [0.4, 0.5) is 0 Å². The second-order valence-electron chi connectivity index (χ2n) is 17.2. The fourth-order valence-electron chi connectivity index (χ4n) is 10.7. The number of quaternary nitrogens is 3. The number of piperidine rings is 1. The van der Waals surface area contributed by atoms with Crippen molar-refractivity contribution in [2.24, 2.45) is 35.3 Å². The fourth-order valence-corrected chi connectivity index (χ4v) is 10.7. The van der Waals surface area contributed by atoms with Crippen LogP contribution in [-0.4, -0.2) is 105 Å². The van der Waals surface area contributed by atoms with Crippen molar-refractivity contribution in [1.29, 1.82) is 0 Å². The molecule has 2 aliphatic heterocycles. The number of aliphatic hydroxyl groups excluding tert-OH is 1. The number of guanidine groups is 1. The molecule has 4 fully saturated rings. The number of allylic oxidation sites excluding steroid dienone is 3. The SMILES string of the molecule is CC[NH2+]C1C=C2C=CCCC2CC1C(CCCO)OC(=O)C12OC1(CC=C(C)CC(NC(N)=[NH+]C)C1CC[NH2+]C(NC[NH2+]C)C1)C(=O)C1CCCCC1C2=O. The van der Waals surface area contributed by atoms with E-state index in [0.717, 1.165) is 70.3 Å². The molecule has 6 aliphatic rings. The Morgan fingerprint density at radius 2 is 1.98 bits per heavy atom. The third-order valence-electron chi connectivity index (χ3n) is 13.7. The summed E-state index contributed by atoms with van der Waals surface area (Å²) in [5.41, 5.74) is 5.20. The van der Waals surface area contributed by atoms with Gasteiger partial charge in [0.05, 0.1) is 39.1 Å². The number of ketones is 2. The van der Waals surface area contributed by atoms with E-state index in [0.29, 0.717) is 56.1 Å². The van der Waals surface area contributed by atoms with Gasteiger partial charge in [-0.1, -0.05) is 36.6 Å². The molecule has 0 bridgehead atoms. The molecule has 12 N–H and O–H groups in total. The molecule has 13 nitrogen and oxygen atoms in total. The fraction of sp³-hybridized carbons (Fsp3) is 0.762. The number of hydrogen-bond acceptors (Lipinski definition) is 7. The third kappa shape index (κ3) is 8.67. The molecule has 4 aliphatic carbocycles. The Labute approximate surface area is 327 Å². The second kappa shape index (κ2) is 18.5. The van der Waals surface area contributed by atoms with Gasteiger partial charge in [0.1, 0.15) is 25.0 Å². The van der Waals surface area contributed by atoms with Crippen LogP contribution in [0.5, 0.6) is 0 Å². The highest BCUT2D eigenvalue weighted by Gasteiger charge is 2.87. The Balaban J connectivity index is 1.26. The van der Waals surface area contributed by atoms with Gasteiger partial charge in [0.25, 0.3) is 5.60 Å². The maximum Gasteiger partial charge on any atom is 0.350 e. The van der Waals surface area contributed by atoms with Gasteiger partial charge in [-0.2, -0.15) is 0 Å². The first kappa shape index (κ1) is 41.7. The predicted molar refractivity (Wildman–Crippen MR) is 208 cm³/mol. The van der Waals surface area contributed by atoms with Crippen molar-refractivity contribution in [2.45, 2.75) is 133 Å². The van der Waals surface area contributed by atoms with Crippen molar-refractivity contribution < 1.29 is 49.9 Å². The molecule has 11 unspecified atom stereocenters. The van der Waals surface area contributed by atoms with E-state index in [1.54, 1.807) is 7.05 Å². The number of hydrogen-bond donors (Lipinski definition) is 8. The number of carbonyl (C=O) groups excluding carboxylic acids is 3. The number of ether oxygens (including phenoxy) is 2. The van der Waals surface area contributed by atoms with E-state index in [4.69, 9.17) is 15.2 Å². The zero-order chi connectivity index (χ0) is 39.2. The number of nitrogens with two attached hydrogens (primary N) is 4. The number of esters is 1. The van der Waals surface area contributed by atoms with Crippen LogP contribution in [0.15, 0.2) is 35.5 Å². The summed E-state index contributed by atoms with van der Waals surface area (Å²) in [6.45, 7) is 6.91. The Morgan fingerprint density at radius 3 is 2.71 bits per heavy atom. The summed E-state index contributed by atoms with van der Waals surface area (Å²) < 4.78 is 12.9. The number of fused-ring (bicyclic) bond motifs is 3. The largest absolute Gasteiger partial charge is 0.459 e. The van der Waals surface area contributed by atoms with Crippen molar-refractivity contribution in [1.82, 2.24) is 10.6 Å². The van der Waals surface area contributed by atoms with Crippen molar-refractivity contribution >= 4 is 23.5 Å². The Hall–Kier alpha value is -2.94. The summed E-state index contributed by atoms with van der Waals surface area (Å²) in [6.07, 6.45) is 18.4. The molecule has 0 aromatic heterocycles. The summed E-state index contributed by atoms with van der Waals surface area (Å²) in [7, 11) is 3.86. The van der Waals surface area contributed by atoms with Crippen LogP contribution in [0.3, 0.4) is 0 Å². The van der Waals surface area contributed by atoms with Crippen molar-refractivity contribution in [3.63, 3.8) is 0 Å². The van der Waals surface area contributed by atoms with E-state index < -0.39 is 35.1 Å². The van der Waals surface area contributed by atoms with E-state index in [-0.39, 0.29) is 42.6 Å². The van der Waals surface area contributed by atoms with Gasteiger partial charge in [0.15, 0.2) is 17.2 Å². The zero-order valence-corrected chi connectivity index (χ0v) is 33.8. The van der Waals surface area contributed by atoms with E-state index >= 15 is 0 Å². The lowest BCUT2D eigenvalue weighted by atomic mass is 9.61. The Morgan fingerprint density at radius 1 is 1.20 bits per heavy atom. The van der Waals surface area contributed by atoms with Gasteiger partial charge in [-0.15, -0.1) is 0 Å². The average molecular weight is 770 g/mol. The van der Waals surface area contributed by atoms with Gasteiger partial charge >= 0.3 is 11.9 Å². The quantitative estimate of drug-likeness (QED) is 0.0153. The molecule has 0 amide bonds. The minimum atomic E-state index is -1.93. The number of nitrogens with one attached hydrogen (secondary N) is 3. The molecule has 0 spiro atoms.